The van der Waals surface area contributed by atoms with Crippen LogP contribution in [0.5, 0.6) is 5.75 Å². The predicted octanol–water partition coefficient (Wildman–Crippen LogP) is 3.64. The van der Waals surface area contributed by atoms with Crippen LogP contribution in [0.1, 0.15) is 32.3 Å². The van der Waals surface area contributed by atoms with Crippen molar-refractivity contribution in [2.75, 3.05) is 20.3 Å². The zero-order chi connectivity index (χ0) is 14.1. The van der Waals surface area contributed by atoms with Gasteiger partial charge in [0.1, 0.15) is 5.75 Å². The number of ether oxygens (including phenoxy) is 2. The van der Waals surface area contributed by atoms with Crippen LogP contribution in [0.4, 0.5) is 0 Å². The summed E-state index contributed by atoms with van der Waals surface area (Å²) < 4.78 is 10.9. The molecule has 0 atom stereocenters. The fourth-order valence-corrected chi connectivity index (χ4v) is 2.04. The van der Waals surface area contributed by atoms with Crippen molar-refractivity contribution in [2.45, 2.75) is 39.3 Å². The molecule has 0 unspecified atom stereocenters. The van der Waals surface area contributed by atoms with E-state index in [0.29, 0.717) is 11.6 Å². The molecule has 0 amide bonds. The Labute approximate surface area is 121 Å². The lowest BCUT2D eigenvalue weighted by Gasteiger charge is -2.17. The lowest BCUT2D eigenvalue weighted by Crippen LogP contribution is -2.18. The molecule has 3 nitrogen and oxygen atoms in total. The van der Waals surface area contributed by atoms with Crippen LogP contribution in [0.25, 0.3) is 0 Å². The number of hydrogen-bond donors (Lipinski definition) is 1. The van der Waals surface area contributed by atoms with Crippen molar-refractivity contribution < 1.29 is 9.47 Å². The molecule has 0 fully saturated rings. The van der Waals surface area contributed by atoms with E-state index in [1.54, 1.807) is 7.11 Å². The van der Waals surface area contributed by atoms with Gasteiger partial charge in [0.2, 0.25) is 0 Å². The van der Waals surface area contributed by atoms with Crippen molar-refractivity contribution >= 4 is 11.6 Å². The van der Waals surface area contributed by atoms with Crippen molar-refractivity contribution in [2.24, 2.45) is 0 Å². The lowest BCUT2D eigenvalue weighted by molar-refractivity contribution is 0.193. The van der Waals surface area contributed by atoms with Gasteiger partial charge in [-0.25, -0.2) is 0 Å². The highest BCUT2D eigenvalue weighted by molar-refractivity contribution is 6.32. The van der Waals surface area contributed by atoms with E-state index >= 15 is 0 Å². The molecule has 1 N–H and O–H groups in total. The summed E-state index contributed by atoms with van der Waals surface area (Å²) in [5.74, 6) is 0.774. The summed E-state index contributed by atoms with van der Waals surface area (Å²) in [4.78, 5) is 0. The van der Waals surface area contributed by atoms with Gasteiger partial charge in [0.05, 0.1) is 17.7 Å². The molecule has 0 aliphatic carbocycles. The minimum Gasteiger partial charge on any atom is -0.489 e. The fourth-order valence-electron chi connectivity index (χ4n) is 1.79. The molecule has 108 valence electrons. The Bertz CT molecular complexity index is 367. The zero-order valence-electron chi connectivity index (χ0n) is 12.0. The van der Waals surface area contributed by atoms with E-state index in [-0.39, 0.29) is 6.10 Å². The third kappa shape index (κ3) is 5.81. The summed E-state index contributed by atoms with van der Waals surface area (Å²) >= 11 is 6.25. The number of benzene rings is 1. The highest BCUT2D eigenvalue weighted by atomic mass is 35.5. The minimum atomic E-state index is 0.239. The first kappa shape index (κ1) is 16.3. The summed E-state index contributed by atoms with van der Waals surface area (Å²) in [6.07, 6.45) is 2.23. The van der Waals surface area contributed by atoms with Crippen LogP contribution in [0.2, 0.25) is 5.02 Å². The standard InChI is InChI=1S/C15H24ClNO2/c1-4-13(5-2)19-15-7-6-12(10-14(15)16)11-17-8-9-18-3/h6-7,10,13,17H,4-5,8-9,11H2,1-3H3. The third-order valence-corrected chi connectivity index (χ3v) is 3.31. The van der Waals surface area contributed by atoms with Crippen LogP contribution in [0.3, 0.4) is 0 Å². The largest absolute Gasteiger partial charge is 0.489 e. The first-order valence-electron chi connectivity index (χ1n) is 6.86. The molecule has 1 aromatic rings. The van der Waals surface area contributed by atoms with Gasteiger partial charge in [-0.3, -0.25) is 0 Å². The molecule has 0 saturated heterocycles. The van der Waals surface area contributed by atoms with Crippen molar-refractivity contribution in [3.05, 3.63) is 28.8 Å². The average molecular weight is 286 g/mol. The molecule has 0 aromatic heterocycles. The van der Waals surface area contributed by atoms with Gasteiger partial charge >= 0.3 is 0 Å². The van der Waals surface area contributed by atoms with Gasteiger partial charge in [0.25, 0.3) is 0 Å². The number of halogens is 1. The maximum absolute atomic E-state index is 6.25. The van der Waals surface area contributed by atoms with E-state index in [9.17, 15) is 0 Å². The third-order valence-electron chi connectivity index (χ3n) is 3.01. The lowest BCUT2D eigenvalue weighted by atomic mass is 10.2. The second-order valence-corrected chi connectivity index (χ2v) is 4.90. The molecule has 0 saturated carbocycles. The fraction of sp³-hybridized carbons (Fsp3) is 0.600. The second kappa shape index (κ2) is 9.18. The molecule has 1 aromatic carbocycles. The monoisotopic (exact) mass is 285 g/mol. The molecule has 1 rings (SSSR count). The number of nitrogens with one attached hydrogen (secondary N) is 1. The SMILES string of the molecule is CCC(CC)Oc1ccc(CNCCOC)cc1Cl. The Balaban J connectivity index is 2.54. The number of hydrogen-bond acceptors (Lipinski definition) is 3. The minimum absolute atomic E-state index is 0.239. The molecule has 19 heavy (non-hydrogen) atoms. The Hall–Kier alpha value is -0.770. The molecule has 0 aliphatic rings. The normalized spacial score (nSPS) is 11.0. The number of methoxy groups -OCH3 is 1. The van der Waals surface area contributed by atoms with Gasteiger partial charge in [-0.2, -0.15) is 0 Å². The van der Waals surface area contributed by atoms with Crippen molar-refractivity contribution in [3.8, 4) is 5.75 Å². The molecule has 0 heterocycles. The summed E-state index contributed by atoms with van der Waals surface area (Å²) in [6.45, 7) is 6.57. The van der Waals surface area contributed by atoms with Crippen molar-refractivity contribution in [1.82, 2.24) is 5.32 Å². The highest BCUT2D eigenvalue weighted by Gasteiger charge is 2.09. The van der Waals surface area contributed by atoms with Crippen LogP contribution in [-0.2, 0) is 11.3 Å². The van der Waals surface area contributed by atoms with E-state index in [2.05, 4.69) is 19.2 Å². The molecule has 0 aliphatic heterocycles. The second-order valence-electron chi connectivity index (χ2n) is 4.49. The predicted molar refractivity (Wildman–Crippen MR) is 80.0 cm³/mol. The molecule has 0 spiro atoms. The molecular formula is C15H24ClNO2. The summed E-state index contributed by atoms with van der Waals surface area (Å²) in [5, 5.41) is 3.97. The van der Waals surface area contributed by atoms with Gasteiger partial charge in [-0.1, -0.05) is 31.5 Å². The smallest absolute Gasteiger partial charge is 0.138 e. The Morgan fingerprint density at radius 1 is 1.26 bits per heavy atom. The van der Waals surface area contributed by atoms with E-state index in [0.717, 1.165) is 37.2 Å². The van der Waals surface area contributed by atoms with E-state index < -0.39 is 0 Å². The van der Waals surface area contributed by atoms with Crippen LogP contribution in [0, 0.1) is 0 Å². The summed E-state index contributed by atoms with van der Waals surface area (Å²) in [6, 6.07) is 5.95. The topological polar surface area (TPSA) is 30.5 Å². The van der Waals surface area contributed by atoms with Crippen molar-refractivity contribution in [1.29, 1.82) is 0 Å². The Kier molecular flexibility index (Phi) is 7.87. The van der Waals surface area contributed by atoms with Gasteiger partial charge < -0.3 is 14.8 Å². The van der Waals surface area contributed by atoms with E-state index in [4.69, 9.17) is 21.1 Å². The van der Waals surface area contributed by atoms with Crippen LogP contribution in [-0.4, -0.2) is 26.4 Å². The van der Waals surface area contributed by atoms with Crippen LogP contribution >= 0.6 is 11.6 Å². The maximum atomic E-state index is 6.25. The molecule has 4 heteroatoms. The summed E-state index contributed by atoms with van der Waals surface area (Å²) in [5.41, 5.74) is 1.15. The Morgan fingerprint density at radius 2 is 2.00 bits per heavy atom. The zero-order valence-corrected chi connectivity index (χ0v) is 12.8. The van der Waals surface area contributed by atoms with E-state index in [1.807, 2.05) is 18.2 Å². The van der Waals surface area contributed by atoms with Gasteiger partial charge in [-0.05, 0) is 30.5 Å². The van der Waals surface area contributed by atoms with Gasteiger partial charge in [-0.15, -0.1) is 0 Å². The van der Waals surface area contributed by atoms with E-state index in [1.165, 1.54) is 0 Å². The van der Waals surface area contributed by atoms with Crippen LogP contribution < -0.4 is 10.1 Å². The van der Waals surface area contributed by atoms with Crippen molar-refractivity contribution in [3.63, 3.8) is 0 Å². The van der Waals surface area contributed by atoms with Crippen LogP contribution in [0.15, 0.2) is 18.2 Å². The van der Waals surface area contributed by atoms with Gasteiger partial charge in [0, 0.05) is 20.2 Å². The quantitative estimate of drug-likeness (QED) is 0.703. The molecular weight excluding hydrogens is 262 g/mol. The molecule has 0 bridgehead atoms. The first-order chi connectivity index (χ1) is 9.21. The highest BCUT2D eigenvalue weighted by Crippen LogP contribution is 2.27. The van der Waals surface area contributed by atoms with Gasteiger partial charge in [0.15, 0.2) is 0 Å². The first-order valence-corrected chi connectivity index (χ1v) is 7.23. The average Bonchev–Trinajstić information content (AvgIpc) is 2.43. The Morgan fingerprint density at radius 3 is 2.58 bits per heavy atom. The number of rotatable bonds is 9. The maximum Gasteiger partial charge on any atom is 0.138 e. The molecule has 0 radical (unpaired) electrons. The summed E-state index contributed by atoms with van der Waals surface area (Å²) in [7, 11) is 1.70.